The second-order valence-electron chi connectivity index (χ2n) is 4.83. The molecule has 1 fully saturated rings. The van der Waals surface area contributed by atoms with Crippen molar-refractivity contribution in [2.24, 2.45) is 16.6 Å². The Labute approximate surface area is 107 Å². The van der Waals surface area contributed by atoms with E-state index in [0.717, 1.165) is 31.0 Å². The van der Waals surface area contributed by atoms with E-state index < -0.39 is 9.03 Å². The van der Waals surface area contributed by atoms with Crippen molar-refractivity contribution in [3.8, 4) is 0 Å². The number of nitrogens with two attached hydrogens (primary N) is 1. The van der Waals surface area contributed by atoms with Gasteiger partial charge in [0.2, 0.25) is 0 Å². The summed E-state index contributed by atoms with van der Waals surface area (Å²) >= 11 is 0. The third-order valence-electron chi connectivity index (χ3n) is 3.75. The molecule has 0 amide bonds. The quantitative estimate of drug-likeness (QED) is 0.502. The van der Waals surface area contributed by atoms with Crippen LogP contribution >= 0.6 is 9.03 Å². The van der Waals surface area contributed by atoms with Crippen LogP contribution in [-0.4, -0.2) is 41.6 Å². The van der Waals surface area contributed by atoms with Crippen LogP contribution in [0.3, 0.4) is 0 Å². The zero-order valence-electron chi connectivity index (χ0n) is 9.97. The smallest absolute Gasteiger partial charge is 0.152 e. The molecule has 1 aliphatic carbocycles. The van der Waals surface area contributed by atoms with Crippen LogP contribution in [0, 0.1) is 5.92 Å². The Morgan fingerprint density at radius 2 is 2.44 bits per heavy atom. The summed E-state index contributed by atoms with van der Waals surface area (Å²) in [4.78, 5) is 15.1. The van der Waals surface area contributed by atoms with Gasteiger partial charge in [0, 0.05) is 6.04 Å². The first-order chi connectivity index (χ1) is 8.79. The largest absolute Gasteiger partial charge is 0.365 e. The summed E-state index contributed by atoms with van der Waals surface area (Å²) in [6, 6.07) is 0.520. The molecule has 3 aliphatic rings. The van der Waals surface area contributed by atoms with Crippen LogP contribution in [0.25, 0.3) is 0 Å². The van der Waals surface area contributed by atoms with E-state index >= 15 is 0 Å². The number of rotatable bonds is 4. The van der Waals surface area contributed by atoms with E-state index in [1.807, 2.05) is 0 Å². The van der Waals surface area contributed by atoms with Gasteiger partial charge in [0.15, 0.2) is 9.03 Å². The molecule has 2 atom stereocenters. The van der Waals surface area contributed by atoms with E-state index in [9.17, 15) is 0 Å². The summed E-state index contributed by atoms with van der Waals surface area (Å²) < 4.78 is 5.05. The third-order valence-corrected chi connectivity index (χ3v) is 4.05. The predicted octanol–water partition coefficient (Wildman–Crippen LogP) is -0.770. The summed E-state index contributed by atoms with van der Waals surface area (Å²) in [6.07, 6.45) is 3.57. The molecule has 7 nitrogen and oxygen atoms in total. The van der Waals surface area contributed by atoms with Crippen molar-refractivity contribution in [1.29, 1.82) is 0 Å². The van der Waals surface area contributed by atoms with E-state index in [1.54, 1.807) is 6.34 Å². The van der Waals surface area contributed by atoms with Gasteiger partial charge in [-0.2, -0.15) is 0 Å². The van der Waals surface area contributed by atoms with Crippen LogP contribution in [0.2, 0.25) is 0 Å². The fourth-order valence-electron chi connectivity index (χ4n) is 2.70. The third kappa shape index (κ3) is 2.07. The van der Waals surface area contributed by atoms with E-state index in [0.29, 0.717) is 18.6 Å². The second-order valence-corrected chi connectivity index (χ2v) is 5.30. The zero-order chi connectivity index (χ0) is 12.5. The van der Waals surface area contributed by atoms with Crippen LogP contribution in [-0.2, 0) is 4.52 Å². The van der Waals surface area contributed by atoms with Crippen LogP contribution in [0.1, 0.15) is 12.8 Å². The van der Waals surface area contributed by atoms with E-state index in [1.165, 1.54) is 0 Å². The molecule has 8 heteroatoms. The molecule has 0 aromatic rings. The molecule has 100 valence electrons. The fourth-order valence-corrected chi connectivity index (χ4v) is 3.01. The molecule has 0 aromatic heterocycles. The van der Waals surface area contributed by atoms with Gasteiger partial charge < -0.3 is 30.7 Å². The number of aliphatic imine (C=N–C) groups is 1. The van der Waals surface area contributed by atoms with E-state index in [-0.39, 0.29) is 6.17 Å². The Morgan fingerprint density at radius 3 is 3.22 bits per heavy atom. The highest BCUT2D eigenvalue weighted by Gasteiger charge is 2.39. The lowest BCUT2D eigenvalue weighted by atomic mass is 9.80. The van der Waals surface area contributed by atoms with E-state index in [4.69, 9.17) is 15.2 Å². The van der Waals surface area contributed by atoms with Crippen molar-refractivity contribution in [2.45, 2.75) is 25.0 Å². The van der Waals surface area contributed by atoms with E-state index in [2.05, 4.69) is 20.5 Å². The summed E-state index contributed by atoms with van der Waals surface area (Å²) in [5.74, 6) is 1.62. The summed E-state index contributed by atoms with van der Waals surface area (Å²) in [7, 11) is -0.398. The van der Waals surface area contributed by atoms with Gasteiger partial charge in [0.05, 0.1) is 25.3 Å². The standard InChI is InChI=1S/C10H18N5O2P/c11-9-8-10(13-4-12-9)15(5-14-8)7-1-6(2-7)3-17-18-16/h4,6-7,9,14,16,18H,1-3,5,11H2,(H,12,13). The molecule has 2 unspecified atom stereocenters. The van der Waals surface area contributed by atoms with Crippen LogP contribution in [0.5, 0.6) is 0 Å². The lowest BCUT2D eigenvalue weighted by Crippen LogP contribution is -2.47. The number of hydrogen-bond donors (Lipinski definition) is 4. The van der Waals surface area contributed by atoms with Gasteiger partial charge in [-0.25, -0.2) is 0 Å². The number of nitrogens with one attached hydrogen (secondary N) is 2. The lowest BCUT2D eigenvalue weighted by molar-refractivity contribution is 0.0766. The molecule has 2 heterocycles. The lowest BCUT2D eigenvalue weighted by Gasteiger charge is -2.42. The molecule has 2 aliphatic heterocycles. The zero-order valence-corrected chi connectivity index (χ0v) is 11.0. The number of nitrogens with zero attached hydrogens (tertiary/aromatic N) is 2. The molecule has 1 saturated carbocycles. The van der Waals surface area contributed by atoms with Crippen LogP contribution < -0.4 is 16.4 Å². The maximum absolute atomic E-state index is 8.63. The molecule has 0 saturated heterocycles. The van der Waals surface area contributed by atoms with Gasteiger partial charge in [-0.15, -0.1) is 0 Å². The van der Waals surface area contributed by atoms with Crippen molar-refractivity contribution < 1.29 is 9.42 Å². The maximum atomic E-state index is 8.63. The minimum atomic E-state index is -0.398. The van der Waals surface area contributed by atoms with Gasteiger partial charge in [-0.3, -0.25) is 4.99 Å². The summed E-state index contributed by atoms with van der Waals surface area (Å²) in [5.41, 5.74) is 6.88. The molecular formula is C10H18N5O2P. The van der Waals surface area contributed by atoms with Crippen molar-refractivity contribution in [3.05, 3.63) is 11.5 Å². The minimum absolute atomic E-state index is 0.277. The molecular weight excluding hydrogens is 253 g/mol. The normalized spacial score (nSPS) is 34.6. The Balaban J connectivity index is 1.56. The Bertz CT molecular complexity index is 382. The molecule has 3 rings (SSSR count). The highest BCUT2D eigenvalue weighted by molar-refractivity contribution is 7.24. The Kier molecular flexibility index (Phi) is 3.39. The highest BCUT2D eigenvalue weighted by atomic mass is 31.1. The summed E-state index contributed by atoms with van der Waals surface area (Å²) in [5, 5.41) is 6.47. The van der Waals surface area contributed by atoms with Crippen LogP contribution in [0.4, 0.5) is 0 Å². The average Bonchev–Trinajstić information content (AvgIpc) is 2.73. The fraction of sp³-hybridized carbons (Fsp3) is 0.700. The minimum Gasteiger partial charge on any atom is -0.365 e. The molecule has 0 spiro atoms. The summed E-state index contributed by atoms with van der Waals surface area (Å²) in [6.45, 7) is 1.45. The van der Waals surface area contributed by atoms with Gasteiger partial charge in [0.1, 0.15) is 12.0 Å². The maximum Gasteiger partial charge on any atom is 0.152 e. The first kappa shape index (κ1) is 12.2. The van der Waals surface area contributed by atoms with Gasteiger partial charge in [-0.1, -0.05) is 0 Å². The van der Waals surface area contributed by atoms with Crippen molar-refractivity contribution in [2.75, 3.05) is 13.3 Å². The van der Waals surface area contributed by atoms with Crippen LogP contribution in [0.15, 0.2) is 16.5 Å². The van der Waals surface area contributed by atoms with Crippen molar-refractivity contribution >= 4 is 15.4 Å². The molecule has 5 N–H and O–H groups in total. The molecule has 0 radical (unpaired) electrons. The molecule has 18 heavy (non-hydrogen) atoms. The average molecular weight is 271 g/mol. The Morgan fingerprint density at radius 1 is 1.61 bits per heavy atom. The molecule has 0 aromatic carbocycles. The first-order valence-corrected chi connectivity index (χ1v) is 6.94. The topological polar surface area (TPSA) is 95.1 Å². The van der Waals surface area contributed by atoms with Gasteiger partial charge in [0.25, 0.3) is 0 Å². The predicted molar refractivity (Wildman–Crippen MR) is 69.5 cm³/mol. The number of hydrogen-bond acceptors (Lipinski definition) is 7. The SMILES string of the molecule is NC1N=CNC2=C1NCN2C1CC(COPO)C1. The van der Waals surface area contributed by atoms with Gasteiger partial charge in [-0.05, 0) is 18.8 Å². The van der Waals surface area contributed by atoms with Crippen molar-refractivity contribution in [3.63, 3.8) is 0 Å². The molecule has 0 bridgehead atoms. The highest BCUT2D eigenvalue weighted by Crippen LogP contribution is 2.36. The van der Waals surface area contributed by atoms with Gasteiger partial charge >= 0.3 is 0 Å². The Hall–Kier alpha value is -0.880. The first-order valence-electron chi connectivity index (χ1n) is 6.09. The second kappa shape index (κ2) is 5.01. The van der Waals surface area contributed by atoms with Crippen molar-refractivity contribution in [1.82, 2.24) is 15.5 Å². The monoisotopic (exact) mass is 271 g/mol.